The minimum absolute atomic E-state index is 0.140. The number of aliphatic hydroxyl groups is 3. The van der Waals surface area contributed by atoms with Crippen LogP contribution in [0.25, 0.3) is 0 Å². The lowest BCUT2D eigenvalue weighted by Crippen LogP contribution is -2.61. The van der Waals surface area contributed by atoms with Crippen LogP contribution in [0.4, 0.5) is 0 Å². The number of phenols is 1. The van der Waals surface area contributed by atoms with Crippen LogP contribution in [0.1, 0.15) is 17.0 Å². The summed E-state index contributed by atoms with van der Waals surface area (Å²) in [6, 6.07) is 12.2. The third-order valence-electron chi connectivity index (χ3n) is 5.56. The van der Waals surface area contributed by atoms with Gasteiger partial charge in [0, 0.05) is 12.0 Å². The quantitative estimate of drug-likeness (QED) is 0.509. The molecule has 1 saturated heterocycles. The van der Waals surface area contributed by atoms with Gasteiger partial charge < -0.3 is 39.4 Å². The van der Waals surface area contributed by atoms with Crippen molar-refractivity contribution < 1.29 is 44.2 Å². The van der Waals surface area contributed by atoms with Gasteiger partial charge >= 0.3 is 5.97 Å². The molecular formula is C22H24O9. The van der Waals surface area contributed by atoms with E-state index in [9.17, 15) is 25.2 Å². The summed E-state index contributed by atoms with van der Waals surface area (Å²) in [6.07, 6.45) is -7.03. The van der Waals surface area contributed by atoms with Gasteiger partial charge in [-0.2, -0.15) is 0 Å². The van der Waals surface area contributed by atoms with E-state index in [1.807, 2.05) is 18.2 Å². The summed E-state index contributed by atoms with van der Waals surface area (Å²) in [7, 11) is 1.12. The maximum absolute atomic E-state index is 11.8. The molecule has 4 rings (SSSR count). The molecule has 0 radical (unpaired) electrons. The summed E-state index contributed by atoms with van der Waals surface area (Å²) < 4.78 is 21.4. The van der Waals surface area contributed by atoms with Gasteiger partial charge in [0.05, 0.1) is 13.7 Å². The normalized spacial score (nSPS) is 30.1. The fourth-order valence-electron chi connectivity index (χ4n) is 3.78. The van der Waals surface area contributed by atoms with Crippen LogP contribution >= 0.6 is 0 Å². The predicted octanol–water partition coefficient (Wildman–Crippen LogP) is 0.470. The van der Waals surface area contributed by atoms with Crippen molar-refractivity contribution in [3.63, 3.8) is 0 Å². The number of methoxy groups -OCH3 is 1. The molecule has 0 spiro atoms. The lowest BCUT2D eigenvalue weighted by molar-refractivity contribution is -0.271. The summed E-state index contributed by atoms with van der Waals surface area (Å²) in [5.74, 6) is 0.379. The Hall–Kier alpha value is -2.85. The van der Waals surface area contributed by atoms with Gasteiger partial charge in [-0.3, -0.25) is 0 Å². The van der Waals surface area contributed by atoms with E-state index < -0.39 is 36.7 Å². The number of esters is 1. The third kappa shape index (κ3) is 4.31. The van der Waals surface area contributed by atoms with Crippen LogP contribution in [0.3, 0.4) is 0 Å². The first-order valence-electron chi connectivity index (χ1n) is 9.86. The number of aromatic hydroxyl groups is 1. The lowest BCUT2D eigenvalue weighted by atomic mass is 9.90. The highest BCUT2D eigenvalue weighted by Gasteiger charge is 2.48. The molecule has 31 heavy (non-hydrogen) atoms. The van der Waals surface area contributed by atoms with E-state index in [0.717, 1.165) is 24.7 Å². The van der Waals surface area contributed by atoms with E-state index in [1.54, 1.807) is 24.3 Å². The first-order chi connectivity index (χ1) is 14.9. The SMILES string of the molecule is COC(=O)[C@H]1O[C@@H](Oc2ccc3c(c2)OC[C@@H](c2ccc(O)cc2)C3)[C@H](O)[C@@H](O)[C@@H]1O. The average Bonchev–Trinajstić information content (AvgIpc) is 2.79. The molecule has 2 aliphatic heterocycles. The molecule has 2 aromatic rings. The zero-order chi connectivity index (χ0) is 22.1. The molecule has 0 saturated carbocycles. The Morgan fingerprint density at radius 1 is 1.03 bits per heavy atom. The second kappa shape index (κ2) is 8.72. The third-order valence-corrected chi connectivity index (χ3v) is 5.56. The number of fused-ring (bicyclic) bond motifs is 1. The molecule has 6 atom stereocenters. The van der Waals surface area contributed by atoms with Crippen molar-refractivity contribution in [2.75, 3.05) is 13.7 Å². The second-order valence-corrected chi connectivity index (χ2v) is 7.61. The fraction of sp³-hybridized carbons (Fsp3) is 0.409. The predicted molar refractivity (Wildman–Crippen MR) is 106 cm³/mol. The monoisotopic (exact) mass is 432 g/mol. The Morgan fingerprint density at radius 3 is 2.48 bits per heavy atom. The van der Waals surface area contributed by atoms with E-state index in [2.05, 4.69) is 4.74 Å². The summed E-state index contributed by atoms with van der Waals surface area (Å²) in [4.78, 5) is 11.8. The Balaban J connectivity index is 1.47. The fourth-order valence-corrected chi connectivity index (χ4v) is 3.78. The number of hydrogen-bond donors (Lipinski definition) is 4. The highest BCUT2D eigenvalue weighted by atomic mass is 16.7. The molecule has 2 aromatic carbocycles. The largest absolute Gasteiger partial charge is 0.508 e. The molecule has 0 unspecified atom stereocenters. The van der Waals surface area contributed by atoms with Gasteiger partial charge in [0.15, 0.2) is 6.10 Å². The van der Waals surface area contributed by atoms with Crippen LogP contribution in [0.15, 0.2) is 42.5 Å². The van der Waals surface area contributed by atoms with Crippen molar-refractivity contribution in [3.8, 4) is 17.2 Å². The van der Waals surface area contributed by atoms with Crippen LogP contribution in [0.5, 0.6) is 17.2 Å². The zero-order valence-electron chi connectivity index (χ0n) is 16.7. The van der Waals surface area contributed by atoms with Gasteiger partial charge in [-0.1, -0.05) is 18.2 Å². The summed E-state index contributed by atoms with van der Waals surface area (Å²) >= 11 is 0. The van der Waals surface area contributed by atoms with Crippen LogP contribution in [0, 0.1) is 0 Å². The molecule has 0 bridgehead atoms. The highest BCUT2D eigenvalue weighted by molar-refractivity contribution is 5.75. The van der Waals surface area contributed by atoms with Gasteiger partial charge in [0.1, 0.15) is 35.6 Å². The minimum atomic E-state index is -1.65. The number of carbonyl (C=O) groups excluding carboxylic acids is 1. The number of rotatable bonds is 4. The van der Waals surface area contributed by atoms with Crippen LogP contribution in [-0.2, 0) is 20.7 Å². The standard InChI is InChI=1S/C22H24O9/c1-28-21(27)20-18(25)17(24)19(26)22(31-20)30-15-7-4-12-8-13(10-29-16(12)9-15)11-2-5-14(23)6-3-11/h2-7,9,13,17-20,22-26H,8,10H2,1H3/t13-,17-,18-,19+,20-,22+/m0/s1. The van der Waals surface area contributed by atoms with Crippen molar-refractivity contribution in [2.45, 2.75) is 43.0 Å². The second-order valence-electron chi connectivity index (χ2n) is 7.61. The molecule has 166 valence electrons. The average molecular weight is 432 g/mol. The van der Waals surface area contributed by atoms with E-state index in [0.29, 0.717) is 18.1 Å². The number of aliphatic hydroxyl groups excluding tert-OH is 3. The van der Waals surface area contributed by atoms with Crippen LogP contribution in [-0.4, -0.2) is 70.8 Å². The van der Waals surface area contributed by atoms with Gasteiger partial charge in [0.2, 0.25) is 6.29 Å². The van der Waals surface area contributed by atoms with Gasteiger partial charge in [-0.25, -0.2) is 4.79 Å². The van der Waals surface area contributed by atoms with E-state index in [1.165, 1.54) is 0 Å². The molecule has 0 aromatic heterocycles. The van der Waals surface area contributed by atoms with Crippen molar-refractivity contribution in [1.82, 2.24) is 0 Å². The van der Waals surface area contributed by atoms with Crippen molar-refractivity contribution >= 4 is 5.97 Å². The molecule has 2 aliphatic rings. The molecule has 9 nitrogen and oxygen atoms in total. The maximum atomic E-state index is 11.8. The Morgan fingerprint density at radius 2 is 1.77 bits per heavy atom. The molecule has 0 aliphatic carbocycles. The highest BCUT2D eigenvalue weighted by Crippen LogP contribution is 2.36. The van der Waals surface area contributed by atoms with E-state index >= 15 is 0 Å². The van der Waals surface area contributed by atoms with Crippen LogP contribution < -0.4 is 9.47 Å². The zero-order valence-corrected chi connectivity index (χ0v) is 16.7. The number of hydrogen-bond acceptors (Lipinski definition) is 9. The molecule has 0 amide bonds. The Kier molecular flexibility index (Phi) is 6.01. The molecule has 2 heterocycles. The molecule has 1 fully saturated rings. The molecule has 9 heteroatoms. The summed E-state index contributed by atoms with van der Waals surface area (Å²) in [5, 5.41) is 39.7. The molecule has 4 N–H and O–H groups in total. The Labute approximate surface area is 178 Å². The maximum Gasteiger partial charge on any atom is 0.337 e. The first-order valence-corrected chi connectivity index (χ1v) is 9.86. The number of benzene rings is 2. The molecular weight excluding hydrogens is 408 g/mol. The van der Waals surface area contributed by atoms with Crippen LogP contribution in [0.2, 0.25) is 0 Å². The Bertz CT molecular complexity index is 929. The lowest BCUT2D eigenvalue weighted by Gasteiger charge is -2.39. The summed E-state index contributed by atoms with van der Waals surface area (Å²) in [5.41, 5.74) is 2.02. The van der Waals surface area contributed by atoms with E-state index in [-0.39, 0.29) is 11.7 Å². The smallest absolute Gasteiger partial charge is 0.337 e. The number of carbonyl (C=O) groups is 1. The minimum Gasteiger partial charge on any atom is -0.508 e. The summed E-state index contributed by atoms with van der Waals surface area (Å²) in [6.45, 7) is 0.444. The van der Waals surface area contributed by atoms with Crippen molar-refractivity contribution in [1.29, 1.82) is 0 Å². The number of ether oxygens (including phenoxy) is 4. The van der Waals surface area contributed by atoms with E-state index in [4.69, 9.17) is 14.2 Å². The van der Waals surface area contributed by atoms with Gasteiger partial charge in [-0.15, -0.1) is 0 Å². The van der Waals surface area contributed by atoms with Crippen molar-refractivity contribution in [3.05, 3.63) is 53.6 Å². The number of phenolic OH excluding ortho intramolecular Hbond substituents is 1. The topological polar surface area (TPSA) is 135 Å². The van der Waals surface area contributed by atoms with Gasteiger partial charge in [0.25, 0.3) is 0 Å². The van der Waals surface area contributed by atoms with Gasteiger partial charge in [-0.05, 0) is 35.7 Å². The first kappa shape index (κ1) is 21.4. The van der Waals surface area contributed by atoms with Crippen molar-refractivity contribution in [2.24, 2.45) is 0 Å².